The topological polar surface area (TPSA) is 110 Å². The first-order chi connectivity index (χ1) is 8.08. The lowest BCUT2D eigenvalue weighted by Crippen LogP contribution is -2.59. The number of likely N-dealkylation sites (tertiary alicyclic amines) is 1. The van der Waals surface area contributed by atoms with Crippen LogP contribution in [0.4, 0.5) is 0 Å². The van der Waals surface area contributed by atoms with Crippen molar-refractivity contribution in [3.05, 3.63) is 0 Å². The van der Waals surface area contributed by atoms with E-state index in [2.05, 4.69) is 9.62 Å². The van der Waals surface area contributed by atoms with Gasteiger partial charge in [0.05, 0.1) is 0 Å². The number of nitrogens with two attached hydrogens (primary N) is 1. The Morgan fingerprint density at radius 1 is 1.22 bits per heavy atom. The largest absolute Gasteiger partial charge is 0.329 e. The Bertz CT molecular complexity index is 478. The Balaban J connectivity index is 2.80. The maximum atomic E-state index is 11.8. The second-order valence-electron chi connectivity index (χ2n) is 5.05. The summed E-state index contributed by atoms with van der Waals surface area (Å²) < 4.78 is 48.2. The first-order valence-corrected chi connectivity index (χ1v) is 9.37. The number of hydrogen-bond donors (Lipinski definition) is 2. The smallest absolute Gasteiger partial charge is 0.226 e. The Morgan fingerprint density at radius 2 is 1.72 bits per heavy atom. The van der Waals surface area contributed by atoms with Crippen LogP contribution in [0.15, 0.2) is 0 Å². The summed E-state index contributed by atoms with van der Waals surface area (Å²) in [5, 5.41) is -0.891. The summed E-state index contributed by atoms with van der Waals surface area (Å²) in [5.41, 5.74) is 4.95. The van der Waals surface area contributed by atoms with Gasteiger partial charge in [0, 0.05) is 18.3 Å². The highest BCUT2D eigenvalue weighted by Gasteiger charge is 2.37. The first kappa shape index (κ1) is 15.8. The Morgan fingerprint density at radius 3 is 2.11 bits per heavy atom. The van der Waals surface area contributed by atoms with E-state index in [-0.39, 0.29) is 6.54 Å². The van der Waals surface area contributed by atoms with E-state index >= 15 is 0 Å². The van der Waals surface area contributed by atoms with E-state index in [0.717, 1.165) is 19.3 Å². The van der Waals surface area contributed by atoms with Crippen LogP contribution in [0.25, 0.3) is 0 Å². The fourth-order valence-corrected chi connectivity index (χ4v) is 5.47. The third-order valence-corrected chi connectivity index (χ3v) is 6.77. The summed E-state index contributed by atoms with van der Waals surface area (Å²) in [7, 11) is -5.49. The minimum absolute atomic E-state index is 0.170. The van der Waals surface area contributed by atoms with Crippen molar-refractivity contribution in [1.29, 1.82) is 0 Å². The van der Waals surface area contributed by atoms with Crippen molar-refractivity contribution in [2.45, 2.75) is 18.4 Å². The molecule has 108 valence electrons. The van der Waals surface area contributed by atoms with Gasteiger partial charge in [-0.05, 0) is 33.0 Å². The van der Waals surface area contributed by atoms with Crippen LogP contribution in [0, 0.1) is 0 Å². The zero-order valence-corrected chi connectivity index (χ0v) is 12.3. The lowest BCUT2D eigenvalue weighted by Gasteiger charge is -2.40. The molecular formula is C9H21N3O4S2. The molecule has 1 aliphatic rings. The predicted octanol–water partition coefficient (Wildman–Crippen LogP) is -1.67. The Kier molecular flexibility index (Phi) is 4.76. The number of sulfonamides is 1. The molecule has 1 fully saturated rings. The van der Waals surface area contributed by atoms with Gasteiger partial charge in [-0.1, -0.05) is 0 Å². The van der Waals surface area contributed by atoms with Crippen LogP contribution in [0.3, 0.4) is 0 Å². The van der Waals surface area contributed by atoms with Crippen LogP contribution < -0.4 is 10.5 Å². The molecule has 1 rings (SSSR count). The molecule has 0 radical (unpaired) electrons. The van der Waals surface area contributed by atoms with Crippen molar-refractivity contribution in [3.8, 4) is 0 Å². The van der Waals surface area contributed by atoms with Gasteiger partial charge >= 0.3 is 0 Å². The Hall–Kier alpha value is -0.220. The molecule has 0 aromatic heterocycles. The Labute approximate surface area is 109 Å². The third kappa shape index (κ3) is 4.81. The van der Waals surface area contributed by atoms with Crippen molar-refractivity contribution in [1.82, 2.24) is 9.62 Å². The average Bonchev–Trinajstić information content (AvgIpc) is 2.18. The maximum Gasteiger partial charge on any atom is 0.226 e. The number of hydrogen-bond acceptors (Lipinski definition) is 6. The summed E-state index contributed by atoms with van der Waals surface area (Å²) in [6.07, 6.45) is 2.07. The van der Waals surface area contributed by atoms with Crippen molar-refractivity contribution in [3.63, 3.8) is 0 Å². The highest BCUT2D eigenvalue weighted by Crippen LogP contribution is 2.21. The molecule has 0 unspecified atom stereocenters. The van der Waals surface area contributed by atoms with Gasteiger partial charge in [0.15, 0.2) is 14.9 Å². The molecule has 1 aliphatic heterocycles. The van der Waals surface area contributed by atoms with Crippen LogP contribution in [0.5, 0.6) is 0 Å². The zero-order chi connectivity index (χ0) is 14.0. The van der Waals surface area contributed by atoms with Gasteiger partial charge in [-0.2, -0.15) is 0 Å². The second kappa shape index (κ2) is 5.41. The second-order valence-corrected chi connectivity index (χ2v) is 9.28. The number of nitrogens with one attached hydrogen (secondary N) is 1. The van der Waals surface area contributed by atoms with Crippen LogP contribution in [0.1, 0.15) is 12.8 Å². The molecule has 0 aromatic carbocycles. The lowest BCUT2D eigenvalue weighted by molar-refractivity contribution is 0.182. The highest BCUT2D eigenvalue weighted by atomic mass is 32.3. The highest BCUT2D eigenvalue weighted by molar-refractivity contribution is 8.06. The molecule has 0 saturated carbocycles. The molecule has 1 heterocycles. The molecular weight excluding hydrogens is 278 g/mol. The molecule has 9 heteroatoms. The fourth-order valence-electron chi connectivity index (χ4n) is 2.04. The van der Waals surface area contributed by atoms with Crippen molar-refractivity contribution in [2.75, 3.05) is 38.0 Å². The predicted molar refractivity (Wildman–Crippen MR) is 70.3 cm³/mol. The van der Waals surface area contributed by atoms with E-state index in [1.807, 2.05) is 7.05 Å². The average molecular weight is 299 g/mol. The van der Waals surface area contributed by atoms with Gasteiger partial charge in [-0.15, -0.1) is 0 Å². The van der Waals surface area contributed by atoms with E-state index < -0.39 is 30.5 Å². The molecule has 18 heavy (non-hydrogen) atoms. The van der Waals surface area contributed by atoms with Crippen molar-refractivity contribution >= 4 is 19.9 Å². The molecule has 3 N–H and O–H groups in total. The quantitative estimate of drug-likeness (QED) is 0.628. The molecule has 0 aliphatic carbocycles. The molecule has 0 bridgehead atoms. The van der Waals surface area contributed by atoms with E-state index in [9.17, 15) is 16.8 Å². The van der Waals surface area contributed by atoms with Crippen LogP contribution in [-0.2, 0) is 19.9 Å². The van der Waals surface area contributed by atoms with Gasteiger partial charge in [-0.3, -0.25) is 0 Å². The monoisotopic (exact) mass is 299 g/mol. The minimum Gasteiger partial charge on any atom is -0.329 e. The van der Waals surface area contributed by atoms with Crippen molar-refractivity contribution in [2.24, 2.45) is 5.73 Å². The molecule has 0 amide bonds. The standard InChI is InChI=1S/C9H21N3O4S2/c1-12-5-3-9(7-10,4-6-12)11-18(15,16)8-17(2,13)14/h11H,3-8,10H2,1-2H3. The number of piperidine rings is 1. The van der Waals surface area contributed by atoms with Crippen molar-refractivity contribution < 1.29 is 16.8 Å². The number of rotatable bonds is 5. The summed E-state index contributed by atoms with van der Waals surface area (Å²) >= 11 is 0. The van der Waals surface area contributed by atoms with E-state index in [1.54, 1.807) is 0 Å². The van der Waals surface area contributed by atoms with Crippen LogP contribution in [0.2, 0.25) is 0 Å². The van der Waals surface area contributed by atoms with E-state index in [1.165, 1.54) is 0 Å². The van der Waals surface area contributed by atoms with E-state index in [0.29, 0.717) is 12.8 Å². The summed E-state index contributed by atoms with van der Waals surface area (Å²) in [5.74, 6) is 0. The summed E-state index contributed by atoms with van der Waals surface area (Å²) in [6.45, 7) is 1.64. The number of nitrogens with zero attached hydrogens (tertiary/aromatic N) is 1. The molecule has 0 spiro atoms. The fraction of sp³-hybridized carbons (Fsp3) is 1.00. The van der Waals surface area contributed by atoms with Crippen LogP contribution in [-0.4, -0.2) is 65.3 Å². The minimum atomic E-state index is -3.86. The van der Waals surface area contributed by atoms with Gasteiger partial charge in [0.1, 0.15) is 0 Å². The normalized spacial score (nSPS) is 21.9. The molecule has 7 nitrogen and oxygen atoms in total. The summed E-state index contributed by atoms with van der Waals surface area (Å²) in [4.78, 5) is 2.08. The number of sulfone groups is 1. The maximum absolute atomic E-state index is 11.8. The molecule has 1 saturated heterocycles. The van der Waals surface area contributed by atoms with E-state index in [4.69, 9.17) is 5.73 Å². The van der Waals surface area contributed by atoms with Gasteiger partial charge in [0.2, 0.25) is 10.0 Å². The lowest BCUT2D eigenvalue weighted by atomic mass is 9.89. The summed E-state index contributed by atoms with van der Waals surface area (Å²) in [6, 6.07) is 0. The zero-order valence-electron chi connectivity index (χ0n) is 10.7. The first-order valence-electron chi connectivity index (χ1n) is 5.65. The molecule has 0 atom stereocenters. The van der Waals surface area contributed by atoms with Gasteiger partial charge in [0.25, 0.3) is 0 Å². The molecule has 0 aromatic rings. The SMILES string of the molecule is CN1CCC(CN)(NS(=O)(=O)CS(C)(=O)=O)CC1. The van der Waals surface area contributed by atoms with Gasteiger partial charge in [-0.25, -0.2) is 21.6 Å². The van der Waals surface area contributed by atoms with Gasteiger partial charge < -0.3 is 10.6 Å². The third-order valence-electron chi connectivity index (χ3n) is 3.08. The van der Waals surface area contributed by atoms with Crippen LogP contribution >= 0.6 is 0 Å².